The molecule has 0 aliphatic rings. The van der Waals surface area contributed by atoms with Crippen molar-refractivity contribution in [3.05, 3.63) is 36.4 Å². The van der Waals surface area contributed by atoms with Crippen molar-refractivity contribution in [2.75, 3.05) is 0 Å². The van der Waals surface area contributed by atoms with Gasteiger partial charge in [-0.3, -0.25) is 10.2 Å². The average molecular weight is 180 g/mol. The number of hydrogen-bond acceptors (Lipinski definition) is 3. The molecule has 2 heterocycles. The Bertz CT molecular complexity index is 310. The Morgan fingerprint density at radius 2 is 2.23 bits per heavy atom. The highest BCUT2D eigenvalue weighted by molar-refractivity contribution is 5.84. The van der Waals surface area contributed by atoms with Gasteiger partial charge in [0.25, 0.3) is 0 Å². The van der Waals surface area contributed by atoms with E-state index >= 15 is 0 Å². The molecule has 0 atom stereocenters. The molecule has 6 heteroatoms. The molecule has 0 aromatic carbocycles. The standard InChI is InChI=1S/C4H4N2O2.C3H4N2/c7-4(8)3-1-2-5-6-3;1-2-4-5-3-1/h1-2H,(H,5,6)(H,7,8);1-3H,(H,4,5). The van der Waals surface area contributed by atoms with Crippen molar-refractivity contribution >= 4 is 5.97 Å². The molecule has 3 N–H and O–H groups in total. The van der Waals surface area contributed by atoms with Gasteiger partial charge in [0.05, 0.1) is 0 Å². The van der Waals surface area contributed by atoms with Gasteiger partial charge in [-0.05, 0) is 12.1 Å². The molecule has 6 nitrogen and oxygen atoms in total. The van der Waals surface area contributed by atoms with Crippen LogP contribution in [0.4, 0.5) is 0 Å². The predicted molar refractivity (Wildman–Crippen MR) is 44.1 cm³/mol. The summed E-state index contributed by atoms with van der Waals surface area (Å²) in [5, 5.41) is 20.1. The number of carbonyl (C=O) groups is 1. The molecule has 13 heavy (non-hydrogen) atoms. The fourth-order valence-electron chi connectivity index (χ4n) is 0.590. The first-order chi connectivity index (χ1) is 6.30. The first kappa shape index (κ1) is 8.98. The molecule has 2 aromatic rings. The highest BCUT2D eigenvalue weighted by Gasteiger charge is 1.99. The van der Waals surface area contributed by atoms with Crippen LogP contribution in [-0.2, 0) is 0 Å². The van der Waals surface area contributed by atoms with E-state index in [1.807, 2.05) is 6.07 Å². The Hall–Kier alpha value is -2.11. The van der Waals surface area contributed by atoms with E-state index in [0.717, 1.165) is 0 Å². The van der Waals surface area contributed by atoms with Crippen LogP contribution in [0.1, 0.15) is 10.5 Å². The molecule has 2 rings (SSSR count). The van der Waals surface area contributed by atoms with Crippen LogP contribution in [0.25, 0.3) is 0 Å². The van der Waals surface area contributed by atoms with Crippen LogP contribution < -0.4 is 0 Å². The largest absolute Gasteiger partial charge is 0.477 e. The van der Waals surface area contributed by atoms with Gasteiger partial charge in [0, 0.05) is 18.6 Å². The van der Waals surface area contributed by atoms with Crippen molar-refractivity contribution in [1.29, 1.82) is 0 Å². The van der Waals surface area contributed by atoms with Gasteiger partial charge >= 0.3 is 5.97 Å². The number of rotatable bonds is 1. The van der Waals surface area contributed by atoms with Crippen LogP contribution in [0.15, 0.2) is 30.7 Å². The van der Waals surface area contributed by atoms with Crippen LogP contribution in [-0.4, -0.2) is 31.5 Å². The highest BCUT2D eigenvalue weighted by Crippen LogP contribution is 1.87. The third-order valence-corrected chi connectivity index (χ3v) is 1.14. The quantitative estimate of drug-likeness (QED) is 0.596. The molecular weight excluding hydrogens is 172 g/mol. The first-order valence-electron chi connectivity index (χ1n) is 3.47. The van der Waals surface area contributed by atoms with Crippen LogP contribution in [0, 0.1) is 0 Å². The fourth-order valence-corrected chi connectivity index (χ4v) is 0.590. The van der Waals surface area contributed by atoms with Gasteiger partial charge in [-0.1, -0.05) is 0 Å². The lowest BCUT2D eigenvalue weighted by atomic mass is 10.5. The Labute approximate surface area is 73.6 Å². The lowest BCUT2D eigenvalue weighted by molar-refractivity contribution is 0.0690. The molecule has 0 bridgehead atoms. The fraction of sp³-hybridized carbons (Fsp3) is 0. The van der Waals surface area contributed by atoms with Crippen LogP contribution in [0.2, 0.25) is 0 Å². The molecule has 0 fully saturated rings. The number of carboxylic acids is 1. The Balaban J connectivity index is 0.000000145. The monoisotopic (exact) mass is 180 g/mol. The summed E-state index contributed by atoms with van der Waals surface area (Å²) in [6.07, 6.45) is 4.85. The summed E-state index contributed by atoms with van der Waals surface area (Å²) < 4.78 is 0. The van der Waals surface area contributed by atoms with Crippen LogP contribution >= 0.6 is 0 Å². The molecule has 2 aromatic heterocycles. The maximum atomic E-state index is 9.99. The van der Waals surface area contributed by atoms with Crippen molar-refractivity contribution in [3.63, 3.8) is 0 Å². The maximum Gasteiger partial charge on any atom is 0.353 e. The summed E-state index contributed by atoms with van der Waals surface area (Å²) in [6, 6.07) is 3.22. The van der Waals surface area contributed by atoms with E-state index in [-0.39, 0.29) is 5.69 Å². The SMILES string of the molecule is O=C(O)c1ccn[nH]1.c1cn[nH]c1. The number of hydrogen-bond donors (Lipinski definition) is 3. The Morgan fingerprint density at radius 1 is 1.38 bits per heavy atom. The lowest BCUT2D eigenvalue weighted by Crippen LogP contribution is -1.95. The molecule has 68 valence electrons. The molecule has 0 unspecified atom stereocenters. The van der Waals surface area contributed by atoms with E-state index in [4.69, 9.17) is 5.11 Å². The van der Waals surface area contributed by atoms with E-state index in [1.54, 1.807) is 12.4 Å². The third kappa shape index (κ3) is 3.19. The zero-order valence-corrected chi connectivity index (χ0v) is 6.64. The first-order valence-corrected chi connectivity index (χ1v) is 3.47. The van der Waals surface area contributed by atoms with E-state index in [1.165, 1.54) is 12.3 Å². The zero-order valence-electron chi connectivity index (χ0n) is 6.64. The van der Waals surface area contributed by atoms with Crippen molar-refractivity contribution in [2.45, 2.75) is 0 Å². The summed E-state index contributed by atoms with van der Waals surface area (Å²) >= 11 is 0. The Kier molecular flexibility index (Phi) is 3.25. The molecule has 0 aliphatic heterocycles. The van der Waals surface area contributed by atoms with Crippen LogP contribution in [0.3, 0.4) is 0 Å². The van der Waals surface area contributed by atoms with Crippen molar-refractivity contribution < 1.29 is 9.90 Å². The van der Waals surface area contributed by atoms with Gasteiger partial charge in [-0.15, -0.1) is 0 Å². The summed E-state index contributed by atoms with van der Waals surface area (Å²) in [5.41, 5.74) is 0.116. The van der Waals surface area contributed by atoms with Gasteiger partial charge in [-0.2, -0.15) is 10.2 Å². The minimum absolute atomic E-state index is 0.116. The Morgan fingerprint density at radius 3 is 2.46 bits per heavy atom. The van der Waals surface area contributed by atoms with Crippen molar-refractivity contribution in [3.8, 4) is 0 Å². The second-order valence-electron chi connectivity index (χ2n) is 2.04. The number of nitrogens with zero attached hydrogens (tertiary/aromatic N) is 2. The molecule has 0 aliphatic carbocycles. The summed E-state index contributed by atoms with van der Waals surface area (Å²) in [5.74, 6) is -0.984. The van der Waals surface area contributed by atoms with Gasteiger partial charge in [0.1, 0.15) is 5.69 Å². The topological polar surface area (TPSA) is 94.7 Å². The zero-order chi connectivity index (χ0) is 9.52. The highest BCUT2D eigenvalue weighted by atomic mass is 16.4. The normalized spacial score (nSPS) is 8.62. The molecular formula is C7H8N4O2. The third-order valence-electron chi connectivity index (χ3n) is 1.14. The minimum Gasteiger partial charge on any atom is -0.477 e. The van der Waals surface area contributed by atoms with Crippen molar-refractivity contribution in [2.24, 2.45) is 0 Å². The minimum atomic E-state index is -0.984. The van der Waals surface area contributed by atoms with E-state index in [2.05, 4.69) is 20.4 Å². The molecule has 0 amide bonds. The molecule has 0 saturated carbocycles. The molecule has 0 radical (unpaired) electrons. The number of aromatic carboxylic acids is 1. The van der Waals surface area contributed by atoms with Gasteiger partial charge < -0.3 is 5.11 Å². The van der Waals surface area contributed by atoms with Gasteiger partial charge in [0.15, 0.2) is 0 Å². The predicted octanol–water partition coefficient (Wildman–Crippen LogP) is 0.518. The molecule has 0 saturated heterocycles. The summed E-state index contributed by atoms with van der Waals surface area (Å²) in [7, 11) is 0. The van der Waals surface area contributed by atoms with E-state index in [0.29, 0.717) is 0 Å². The maximum absolute atomic E-state index is 9.99. The molecule has 0 spiro atoms. The number of nitrogens with one attached hydrogen (secondary N) is 2. The second-order valence-corrected chi connectivity index (χ2v) is 2.04. The average Bonchev–Trinajstić information content (AvgIpc) is 2.82. The lowest BCUT2D eigenvalue weighted by Gasteiger charge is -1.79. The van der Waals surface area contributed by atoms with E-state index < -0.39 is 5.97 Å². The van der Waals surface area contributed by atoms with Gasteiger partial charge in [0.2, 0.25) is 0 Å². The number of carboxylic acid groups (broad SMARTS) is 1. The van der Waals surface area contributed by atoms with Crippen LogP contribution in [0.5, 0.6) is 0 Å². The van der Waals surface area contributed by atoms with Gasteiger partial charge in [-0.25, -0.2) is 4.79 Å². The van der Waals surface area contributed by atoms with Crippen molar-refractivity contribution in [1.82, 2.24) is 20.4 Å². The number of aromatic nitrogens is 4. The smallest absolute Gasteiger partial charge is 0.353 e. The number of H-pyrrole nitrogens is 2. The second kappa shape index (κ2) is 4.70. The van der Waals surface area contributed by atoms with E-state index in [9.17, 15) is 4.79 Å². The summed E-state index contributed by atoms with van der Waals surface area (Å²) in [4.78, 5) is 9.99. The summed E-state index contributed by atoms with van der Waals surface area (Å²) in [6.45, 7) is 0. The number of aromatic amines is 2.